The molecule has 0 aliphatic rings. The molecule has 0 aliphatic carbocycles. The first-order valence-corrected chi connectivity index (χ1v) is 7.72. The quantitative estimate of drug-likeness (QED) is 0.595. The molecule has 24 heavy (non-hydrogen) atoms. The lowest BCUT2D eigenvalue weighted by Gasteiger charge is -2.08. The predicted molar refractivity (Wildman–Crippen MR) is 94.2 cm³/mol. The number of aromatic amines is 1. The number of benzene rings is 1. The van der Waals surface area contributed by atoms with Gasteiger partial charge in [0.05, 0.1) is 16.6 Å². The van der Waals surface area contributed by atoms with Gasteiger partial charge in [0.1, 0.15) is 0 Å². The zero-order valence-corrected chi connectivity index (χ0v) is 13.7. The third-order valence-electron chi connectivity index (χ3n) is 4.15. The van der Waals surface area contributed by atoms with Crippen LogP contribution in [0.3, 0.4) is 0 Å². The van der Waals surface area contributed by atoms with Crippen LogP contribution in [-0.2, 0) is 7.05 Å². The minimum Gasteiger partial charge on any atom is -0.361 e. The number of anilines is 1. The SMILES string of the molecule is Cc1cc(C(=O)Nc2ccc3[nH]ccc3c2)c2c(C)nn(C)c2n1. The molecule has 120 valence electrons. The molecule has 6 heteroatoms. The van der Waals surface area contributed by atoms with Gasteiger partial charge in [-0.1, -0.05) is 0 Å². The number of hydrogen-bond acceptors (Lipinski definition) is 3. The number of amides is 1. The van der Waals surface area contributed by atoms with Gasteiger partial charge in [-0.25, -0.2) is 4.98 Å². The zero-order valence-electron chi connectivity index (χ0n) is 13.7. The normalized spacial score (nSPS) is 11.3. The van der Waals surface area contributed by atoms with Crippen molar-refractivity contribution in [3.63, 3.8) is 0 Å². The van der Waals surface area contributed by atoms with Crippen molar-refractivity contribution in [3.8, 4) is 0 Å². The Kier molecular flexibility index (Phi) is 3.13. The molecule has 4 rings (SSSR count). The highest BCUT2D eigenvalue weighted by atomic mass is 16.1. The van der Waals surface area contributed by atoms with Crippen LogP contribution in [0.2, 0.25) is 0 Å². The van der Waals surface area contributed by atoms with Gasteiger partial charge in [0, 0.05) is 35.5 Å². The first-order valence-electron chi connectivity index (χ1n) is 7.72. The van der Waals surface area contributed by atoms with E-state index >= 15 is 0 Å². The van der Waals surface area contributed by atoms with E-state index in [4.69, 9.17) is 0 Å². The van der Waals surface area contributed by atoms with Gasteiger partial charge in [-0.2, -0.15) is 5.10 Å². The Balaban J connectivity index is 1.77. The maximum absolute atomic E-state index is 12.8. The molecule has 3 heterocycles. The van der Waals surface area contributed by atoms with Gasteiger partial charge in [0.25, 0.3) is 5.91 Å². The summed E-state index contributed by atoms with van der Waals surface area (Å²) in [5.74, 6) is -0.156. The lowest BCUT2D eigenvalue weighted by atomic mass is 10.1. The van der Waals surface area contributed by atoms with Crippen LogP contribution >= 0.6 is 0 Å². The number of hydrogen-bond donors (Lipinski definition) is 2. The van der Waals surface area contributed by atoms with Crippen molar-refractivity contribution in [3.05, 3.63) is 53.5 Å². The summed E-state index contributed by atoms with van der Waals surface area (Å²) < 4.78 is 1.71. The Bertz CT molecular complexity index is 1090. The molecule has 4 aromatic rings. The lowest BCUT2D eigenvalue weighted by Crippen LogP contribution is -2.13. The van der Waals surface area contributed by atoms with Crippen molar-refractivity contribution in [2.24, 2.45) is 7.05 Å². The molecule has 2 N–H and O–H groups in total. The molecule has 6 nitrogen and oxygen atoms in total. The summed E-state index contributed by atoms with van der Waals surface area (Å²) in [5, 5.41) is 9.22. The van der Waals surface area contributed by atoms with Crippen molar-refractivity contribution in [2.45, 2.75) is 13.8 Å². The maximum Gasteiger partial charge on any atom is 0.256 e. The van der Waals surface area contributed by atoms with Gasteiger partial charge in [-0.3, -0.25) is 9.48 Å². The second-order valence-electron chi connectivity index (χ2n) is 5.95. The summed E-state index contributed by atoms with van der Waals surface area (Å²) in [7, 11) is 1.84. The fraction of sp³-hybridized carbons (Fsp3) is 0.167. The van der Waals surface area contributed by atoms with Crippen LogP contribution in [0.15, 0.2) is 36.5 Å². The molecule has 0 bridgehead atoms. The minimum atomic E-state index is -0.156. The first kappa shape index (κ1) is 14.4. The van der Waals surface area contributed by atoms with Crippen LogP contribution in [0.5, 0.6) is 0 Å². The van der Waals surface area contributed by atoms with Gasteiger partial charge in [0.15, 0.2) is 5.65 Å². The van der Waals surface area contributed by atoms with E-state index in [1.54, 1.807) is 10.7 Å². The number of H-pyrrole nitrogens is 1. The number of nitrogens with one attached hydrogen (secondary N) is 2. The van der Waals surface area contributed by atoms with E-state index in [2.05, 4.69) is 20.4 Å². The number of pyridine rings is 1. The molecule has 0 aliphatic heterocycles. The van der Waals surface area contributed by atoms with Gasteiger partial charge in [0.2, 0.25) is 0 Å². The number of carbonyl (C=O) groups is 1. The average Bonchev–Trinajstić information content (AvgIpc) is 3.11. The molecule has 0 radical (unpaired) electrons. The minimum absolute atomic E-state index is 0.156. The highest BCUT2D eigenvalue weighted by Gasteiger charge is 2.18. The topological polar surface area (TPSA) is 75.6 Å². The molecule has 0 saturated carbocycles. The molecular weight excluding hydrogens is 302 g/mol. The summed E-state index contributed by atoms with van der Waals surface area (Å²) in [6, 6.07) is 9.57. The van der Waals surface area contributed by atoms with E-state index in [0.717, 1.165) is 39.0 Å². The van der Waals surface area contributed by atoms with E-state index in [1.807, 2.05) is 51.4 Å². The van der Waals surface area contributed by atoms with Crippen LogP contribution < -0.4 is 5.32 Å². The Morgan fingerprint density at radius 1 is 1.21 bits per heavy atom. The Labute approximate surface area is 138 Å². The third kappa shape index (κ3) is 2.23. The van der Waals surface area contributed by atoms with E-state index < -0.39 is 0 Å². The Morgan fingerprint density at radius 2 is 2.04 bits per heavy atom. The summed E-state index contributed by atoms with van der Waals surface area (Å²) in [4.78, 5) is 20.5. The number of nitrogens with zero attached hydrogens (tertiary/aromatic N) is 3. The number of fused-ring (bicyclic) bond motifs is 2. The van der Waals surface area contributed by atoms with Crippen LogP contribution in [0.1, 0.15) is 21.7 Å². The summed E-state index contributed by atoms with van der Waals surface area (Å²) in [5.41, 5.74) is 4.70. The third-order valence-corrected chi connectivity index (χ3v) is 4.15. The molecular formula is C18H17N5O. The van der Waals surface area contributed by atoms with Crippen LogP contribution in [0.4, 0.5) is 5.69 Å². The molecule has 0 atom stereocenters. The lowest BCUT2D eigenvalue weighted by molar-refractivity contribution is 0.102. The van der Waals surface area contributed by atoms with Crippen LogP contribution in [0, 0.1) is 13.8 Å². The number of carbonyl (C=O) groups excluding carboxylic acids is 1. The van der Waals surface area contributed by atoms with Crippen molar-refractivity contribution in [1.82, 2.24) is 19.7 Å². The van der Waals surface area contributed by atoms with Crippen molar-refractivity contribution in [1.29, 1.82) is 0 Å². The molecule has 0 fully saturated rings. The highest BCUT2D eigenvalue weighted by molar-refractivity contribution is 6.13. The largest absolute Gasteiger partial charge is 0.361 e. The maximum atomic E-state index is 12.8. The second kappa shape index (κ2) is 5.19. The van der Waals surface area contributed by atoms with Crippen LogP contribution in [-0.4, -0.2) is 25.7 Å². The fourth-order valence-electron chi connectivity index (χ4n) is 3.08. The summed E-state index contributed by atoms with van der Waals surface area (Å²) in [6.07, 6.45) is 1.88. The van der Waals surface area contributed by atoms with E-state index in [-0.39, 0.29) is 5.91 Å². The Hall–Kier alpha value is -3.15. The molecule has 1 aromatic carbocycles. The van der Waals surface area contributed by atoms with Gasteiger partial charge < -0.3 is 10.3 Å². The van der Waals surface area contributed by atoms with Crippen molar-refractivity contribution < 1.29 is 4.79 Å². The van der Waals surface area contributed by atoms with Gasteiger partial charge in [-0.05, 0) is 44.2 Å². The van der Waals surface area contributed by atoms with E-state index in [1.165, 1.54) is 0 Å². The first-order chi connectivity index (χ1) is 11.5. The molecule has 1 amide bonds. The van der Waals surface area contributed by atoms with Crippen LogP contribution in [0.25, 0.3) is 21.9 Å². The van der Waals surface area contributed by atoms with E-state index in [0.29, 0.717) is 5.56 Å². The zero-order chi connectivity index (χ0) is 16.8. The van der Waals surface area contributed by atoms with Crippen molar-refractivity contribution in [2.75, 3.05) is 5.32 Å². The van der Waals surface area contributed by atoms with Gasteiger partial charge in [-0.15, -0.1) is 0 Å². The predicted octanol–water partition coefficient (Wildman–Crippen LogP) is 3.32. The average molecular weight is 319 g/mol. The van der Waals surface area contributed by atoms with Crippen molar-refractivity contribution >= 4 is 33.5 Å². The molecule has 0 spiro atoms. The standard InChI is InChI=1S/C18H17N5O/c1-10-8-14(16-11(2)22-23(3)17(16)20-10)18(24)21-13-4-5-15-12(9-13)6-7-19-15/h4-9,19H,1-3H3,(H,21,24). The molecule has 0 unspecified atom stereocenters. The fourth-order valence-corrected chi connectivity index (χ4v) is 3.08. The van der Waals surface area contributed by atoms with E-state index in [9.17, 15) is 4.79 Å². The molecule has 3 aromatic heterocycles. The summed E-state index contributed by atoms with van der Waals surface area (Å²) >= 11 is 0. The number of aromatic nitrogens is 4. The number of aryl methyl sites for hydroxylation is 3. The Morgan fingerprint density at radius 3 is 2.88 bits per heavy atom. The second-order valence-corrected chi connectivity index (χ2v) is 5.95. The summed E-state index contributed by atoms with van der Waals surface area (Å²) in [6.45, 7) is 3.77. The monoisotopic (exact) mass is 319 g/mol. The van der Waals surface area contributed by atoms with Gasteiger partial charge >= 0.3 is 0 Å². The molecule has 0 saturated heterocycles. The smallest absolute Gasteiger partial charge is 0.256 e. The highest BCUT2D eigenvalue weighted by Crippen LogP contribution is 2.24. The number of rotatable bonds is 2.